The van der Waals surface area contributed by atoms with E-state index >= 15 is 0 Å². The van der Waals surface area contributed by atoms with Crippen molar-refractivity contribution in [1.29, 1.82) is 0 Å². The first-order chi connectivity index (χ1) is 7.24. The van der Waals surface area contributed by atoms with Crippen molar-refractivity contribution in [2.45, 2.75) is 71.5 Å². The van der Waals surface area contributed by atoms with Gasteiger partial charge in [0.2, 0.25) is 0 Å². The van der Waals surface area contributed by atoms with E-state index in [4.69, 9.17) is 0 Å². The molecular formula is C13H27NS. The minimum atomic E-state index is 0.773. The molecule has 0 unspecified atom stereocenters. The lowest BCUT2D eigenvalue weighted by atomic mass is 10.2. The molecule has 0 rings (SSSR count). The van der Waals surface area contributed by atoms with Crippen LogP contribution in [0, 0.1) is 0 Å². The molecular weight excluding hydrogens is 202 g/mol. The number of hydrogen-bond donors (Lipinski definition) is 1. The van der Waals surface area contributed by atoms with E-state index in [-0.39, 0.29) is 0 Å². The van der Waals surface area contributed by atoms with E-state index in [0.29, 0.717) is 0 Å². The predicted molar refractivity (Wildman–Crippen MR) is 73.0 cm³/mol. The van der Waals surface area contributed by atoms with E-state index in [1.54, 1.807) is 0 Å². The molecule has 0 fully saturated rings. The van der Waals surface area contributed by atoms with Crippen LogP contribution in [-0.2, 0) is 0 Å². The van der Waals surface area contributed by atoms with Crippen molar-refractivity contribution in [2.75, 3.05) is 0 Å². The van der Waals surface area contributed by atoms with E-state index in [9.17, 15) is 0 Å². The molecule has 0 aliphatic heterocycles. The lowest BCUT2D eigenvalue weighted by Gasteiger charge is -2.15. The van der Waals surface area contributed by atoms with Crippen LogP contribution in [0.5, 0.6) is 0 Å². The van der Waals surface area contributed by atoms with Gasteiger partial charge in [0.1, 0.15) is 0 Å². The molecule has 0 heterocycles. The molecule has 0 bridgehead atoms. The van der Waals surface area contributed by atoms with E-state index in [1.165, 1.54) is 44.2 Å². The van der Waals surface area contributed by atoms with Gasteiger partial charge in [-0.25, -0.2) is 0 Å². The molecule has 0 aromatic rings. The number of rotatable bonds is 9. The van der Waals surface area contributed by atoms with Crippen LogP contribution in [0.4, 0.5) is 0 Å². The first kappa shape index (κ1) is 14.9. The molecule has 1 atom stereocenters. The fraction of sp³-hybridized carbons (Fsp3) is 0.846. The van der Waals surface area contributed by atoms with Crippen molar-refractivity contribution < 1.29 is 0 Å². The maximum Gasteiger partial charge on any atom is 0.0243 e. The Balaban J connectivity index is 3.68. The van der Waals surface area contributed by atoms with Gasteiger partial charge < -0.3 is 4.72 Å². The van der Waals surface area contributed by atoms with Gasteiger partial charge in [-0.1, -0.05) is 46.1 Å². The Bertz CT molecular complexity index is 166. The quantitative estimate of drug-likeness (QED) is 0.565. The second-order valence-electron chi connectivity index (χ2n) is 4.07. The summed E-state index contributed by atoms with van der Waals surface area (Å²) in [4.78, 5) is 0. The van der Waals surface area contributed by atoms with Gasteiger partial charge in [0.25, 0.3) is 0 Å². The summed E-state index contributed by atoms with van der Waals surface area (Å²) in [5.41, 5.74) is 1.32. The Kier molecular flexibility index (Phi) is 10.3. The lowest BCUT2D eigenvalue weighted by Crippen LogP contribution is -2.10. The fourth-order valence-corrected chi connectivity index (χ4v) is 2.24. The summed E-state index contributed by atoms with van der Waals surface area (Å²) in [5, 5.41) is 0.773. The second-order valence-corrected chi connectivity index (χ2v) is 5.17. The number of unbranched alkanes of at least 4 members (excludes halogenated alkanes) is 2. The summed E-state index contributed by atoms with van der Waals surface area (Å²) >= 11 is 1.90. The monoisotopic (exact) mass is 229 g/mol. The van der Waals surface area contributed by atoms with Crippen molar-refractivity contribution in [3.8, 4) is 0 Å². The molecule has 0 spiro atoms. The zero-order valence-corrected chi connectivity index (χ0v) is 11.6. The highest BCUT2D eigenvalue weighted by atomic mass is 32.2. The Labute approximate surface area is 100 Å². The first-order valence-corrected chi connectivity index (χ1v) is 7.20. The van der Waals surface area contributed by atoms with Crippen LogP contribution in [0.25, 0.3) is 0 Å². The molecule has 0 saturated heterocycles. The maximum atomic E-state index is 3.46. The van der Waals surface area contributed by atoms with Gasteiger partial charge >= 0.3 is 0 Å². The topological polar surface area (TPSA) is 12.0 Å². The van der Waals surface area contributed by atoms with Crippen LogP contribution in [0.1, 0.15) is 66.2 Å². The molecule has 1 nitrogen and oxygen atoms in total. The average molecular weight is 229 g/mol. The van der Waals surface area contributed by atoms with Gasteiger partial charge in [-0.3, -0.25) is 0 Å². The minimum Gasteiger partial charge on any atom is -0.334 e. The highest BCUT2D eigenvalue weighted by Gasteiger charge is 2.05. The molecule has 0 saturated carbocycles. The highest BCUT2D eigenvalue weighted by Crippen LogP contribution is 2.18. The molecule has 2 heteroatoms. The summed E-state index contributed by atoms with van der Waals surface area (Å²) in [5.74, 6) is 0. The Morgan fingerprint density at radius 2 is 2.00 bits per heavy atom. The summed E-state index contributed by atoms with van der Waals surface area (Å²) in [6, 6.07) is 0. The van der Waals surface area contributed by atoms with Gasteiger partial charge in [0.05, 0.1) is 0 Å². The summed E-state index contributed by atoms with van der Waals surface area (Å²) < 4.78 is 3.46. The molecule has 0 amide bonds. The van der Waals surface area contributed by atoms with Crippen LogP contribution < -0.4 is 4.72 Å². The second kappa shape index (κ2) is 10.4. The minimum absolute atomic E-state index is 0.773. The smallest absolute Gasteiger partial charge is 0.0243 e. The molecule has 1 N–H and O–H groups in total. The zero-order chi connectivity index (χ0) is 11.5. The summed E-state index contributed by atoms with van der Waals surface area (Å²) in [6.45, 7) is 8.92. The summed E-state index contributed by atoms with van der Waals surface area (Å²) in [7, 11) is 0. The number of allylic oxidation sites excluding steroid dienone is 2. The van der Waals surface area contributed by atoms with Crippen LogP contribution in [-0.4, -0.2) is 5.25 Å². The highest BCUT2D eigenvalue weighted by molar-refractivity contribution is 7.98. The van der Waals surface area contributed by atoms with Crippen molar-refractivity contribution >= 4 is 11.9 Å². The van der Waals surface area contributed by atoms with Crippen molar-refractivity contribution in [2.24, 2.45) is 0 Å². The Hall–Kier alpha value is -0.110. The molecule has 90 valence electrons. The molecule has 0 aromatic heterocycles. The maximum absolute atomic E-state index is 3.46. The van der Waals surface area contributed by atoms with Gasteiger partial charge in [-0.05, 0) is 38.1 Å². The third-order valence-electron chi connectivity index (χ3n) is 2.46. The van der Waals surface area contributed by atoms with Crippen molar-refractivity contribution in [3.63, 3.8) is 0 Å². The average Bonchev–Trinajstić information content (AvgIpc) is 2.26. The standard InChI is InChI=1S/C13H27NS/c1-5-8-10-12(4)14-15-13(7-3)11-9-6-2/h10,13-14H,5-9,11H2,1-4H3/b12-10+/t13-/m1/s1. The third kappa shape index (κ3) is 8.86. The van der Waals surface area contributed by atoms with E-state index in [2.05, 4.69) is 38.5 Å². The van der Waals surface area contributed by atoms with Gasteiger partial charge in [0.15, 0.2) is 0 Å². The molecule has 0 aliphatic rings. The van der Waals surface area contributed by atoms with Crippen LogP contribution >= 0.6 is 11.9 Å². The van der Waals surface area contributed by atoms with Gasteiger partial charge in [0, 0.05) is 10.9 Å². The lowest BCUT2D eigenvalue weighted by molar-refractivity contribution is 0.668. The molecule has 15 heavy (non-hydrogen) atoms. The van der Waals surface area contributed by atoms with Crippen molar-refractivity contribution in [3.05, 3.63) is 11.8 Å². The molecule has 0 aromatic carbocycles. The van der Waals surface area contributed by atoms with Crippen LogP contribution in [0.15, 0.2) is 11.8 Å². The normalized spacial score (nSPS) is 14.0. The van der Waals surface area contributed by atoms with Crippen molar-refractivity contribution in [1.82, 2.24) is 4.72 Å². The summed E-state index contributed by atoms with van der Waals surface area (Å²) in [6.07, 6.45) is 9.97. The number of nitrogens with one attached hydrogen (secondary N) is 1. The predicted octanol–water partition coefficient (Wildman–Crippen LogP) is 4.90. The third-order valence-corrected chi connectivity index (χ3v) is 3.80. The van der Waals surface area contributed by atoms with E-state index < -0.39 is 0 Å². The van der Waals surface area contributed by atoms with E-state index in [1.807, 2.05) is 11.9 Å². The molecule has 0 aliphatic carbocycles. The SMILES string of the molecule is CCC/C=C(\C)NS[C@H](CC)CCCC. The molecule has 0 radical (unpaired) electrons. The Morgan fingerprint density at radius 3 is 2.53 bits per heavy atom. The van der Waals surface area contributed by atoms with Gasteiger partial charge in [-0.15, -0.1) is 0 Å². The number of hydrogen-bond acceptors (Lipinski definition) is 2. The largest absolute Gasteiger partial charge is 0.334 e. The Morgan fingerprint density at radius 1 is 1.27 bits per heavy atom. The first-order valence-electron chi connectivity index (χ1n) is 6.32. The zero-order valence-electron chi connectivity index (χ0n) is 10.8. The van der Waals surface area contributed by atoms with Crippen LogP contribution in [0.3, 0.4) is 0 Å². The van der Waals surface area contributed by atoms with Gasteiger partial charge in [-0.2, -0.15) is 0 Å². The van der Waals surface area contributed by atoms with E-state index in [0.717, 1.165) is 5.25 Å². The van der Waals surface area contributed by atoms with Crippen LogP contribution in [0.2, 0.25) is 0 Å². The fourth-order valence-electron chi connectivity index (χ4n) is 1.36.